The van der Waals surface area contributed by atoms with Crippen LogP contribution in [0.1, 0.15) is 12.1 Å². The Kier molecular flexibility index (Phi) is 7.57. The molecule has 4 N–H and O–H groups in total. The van der Waals surface area contributed by atoms with E-state index in [2.05, 4.69) is 25.9 Å². The maximum atomic E-state index is 13.7. The third-order valence-corrected chi connectivity index (χ3v) is 4.43. The molecule has 0 bridgehead atoms. The number of rotatable bonds is 7. The highest BCUT2D eigenvalue weighted by Gasteiger charge is 2.29. The predicted molar refractivity (Wildman–Crippen MR) is 106 cm³/mol. The summed E-state index contributed by atoms with van der Waals surface area (Å²) in [7, 11) is 0. The molecule has 0 spiro atoms. The van der Waals surface area contributed by atoms with Crippen LogP contribution in [0.5, 0.6) is 0 Å². The first-order valence-electron chi connectivity index (χ1n) is 9.43. The van der Waals surface area contributed by atoms with Crippen molar-refractivity contribution in [1.29, 1.82) is 0 Å². The first kappa shape index (κ1) is 22.2. The van der Waals surface area contributed by atoms with Gasteiger partial charge in [-0.05, 0) is 18.2 Å². The lowest BCUT2D eigenvalue weighted by atomic mass is 10.0. The van der Waals surface area contributed by atoms with Crippen LogP contribution < -0.4 is 16.0 Å². The Hall–Kier alpha value is -3.44. The number of hydrogen-bond donors (Lipinski definition) is 4. The molecule has 0 radical (unpaired) electrons. The highest BCUT2D eigenvalue weighted by Crippen LogP contribution is 2.18. The van der Waals surface area contributed by atoms with Gasteiger partial charge in [0.1, 0.15) is 24.1 Å². The number of aliphatic hydroxyl groups is 1. The molecule has 9 nitrogen and oxygen atoms in total. The van der Waals surface area contributed by atoms with Crippen LogP contribution in [0.25, 0.3) is 0 Å². The van der Waals surface area contributed by atoms with Gasteiger partial charge in [-0.3, -0.25) is 4.79 Å². The van der Waals surface area contributed by atoms with Crippen molar-refractivity contribution in [2.24, 2.45) is 0 Å². The lowest BCUT2D eigenvalue weighted by molar-refractivity contribution is -0.125. The summed E-state index contributed by atoms with van der Waals surface area (Å²) in [5, 5.41) is 17.0. The molecule has 164 valence electrons. The van der Waals surface area contributed by atoms with Crippen LogP contribution >= 0.6 is 0 Å². The van der Waals surface area contributed by atoms with Gasteiger partial charge in [0.25, 0.3) is 0 Å². The van der Waals surface area contributed by atoms with Crippen LogP contribution in [0.15, 0.2) is 48.9 Å². The summed E-state index contributed by atoms with van der Waals surface area (Å²) in [6, 6.07) is 2.81. The molecule has 1 aliphatic heterocycles. The van der Waals surface area contributed by atoms with Gasteiger partial charge in [-0.2, -0.15) is 0 Å². The van der Waals surface area contributed by atoms with Gasteiger partial charge in [0.05, 0.1) is 43.1 Å². The number of hydrogen-bond acceptors (Lipinski definition) is 6. The minimum absolute atomic E-state index is 0.00546. The van der Waals surface area contributed by atoms with E-state index in [1.807, 2.05) is 0 Å². The summed E-state index contributed by atoms with van der Waals surface area (Å²) in [5.74, 6) is -1.78. The molecule has 11 heteroatoms. The summed E-state index contributed by atoms with van der Waals surface area (Å²) in [6.07, 6.45) is 4.69. The van der Waals surface area contributed by atoms with Crippen LogP contribution in [-0.4, -0.2) is 51.9 Å². The number of aliphatic hydroxyl groups excluding tert-OH is 1. The molecule has 31 heavy (non-hydrogen) atoms. The first-order valence-corrected chi connectivity index (χ1v) is 9.43. The fourth-order valence-corrected chi connectivity index (χ4v) is 2.91. The lowest BCUT2D eigenvalue weighted by Gasteiger charge is -2.31. The minimum Gasteiger partial charge on any atom is -0.394 e. The number of aromatic nitrogens is 2. The Morgan fingerprint density at radius 2 is 2.03 bits per heavy atom. The van der Waals surface area contributed by atoms with Crippen molar-refractivity contribution in [2.75, 3.05) is 11.9 Å². The number of benzene rings is 1. The molecule has 0 unspecified atom stereocenters. The van der Waals surface area contributed by atoms with E-state index < -0.39 is 42.5 Å². The largest absolute Gasteiger partial charge is 0.394 e. The zero-order valence-corrected chi connectivity index (χ0v) is 16.3. The van der Waals surface area contributed by atoms with Gasteiger partial charge in [0.2, 0.25) is 5.91 Å². The number of ether oxygens (including phenoxy) is 1. The molecule has 0 saturated heterocycles. The van der Waals surface area contributed by atoms with Gasteiger partial charge in [0, 0.05) is 12.3 Å². The van der Waals surface area contributed by atoms with Crippen molar-refractivity contribution in [3.05, 3.63) is 66.3 Å². The number of nitrogens with one attached hydrogen (secondary N) is 3. The molecule has 0 fully saturated rings. The number of amides is 3. The molecule has 1 aromatic heterocycles. The van der Waals surface area contributed by atoms with Crippen molar-refractivity contribution in [3.63, 3.8) is 0 Å². The fraction of sp³-hybridized carbons (Fsp3) is 0.300. The van der Waals surface area contributed by atoms with E-state index in [-0.39, 0.29) is 24.6 Å². The highest BCUT2D eigenvalue weighted by atomic mass is 19.1. The summed E-state index contributed by atoms with van der Waals surface area (Å²) < 4.78 is 32.6. The third-order valence-electron chi connectivity index (χ3n) is 4.43. The quantitative estimate of drug-likeness (QED) is 0.488. The average molecular weight is 433 g/mol. The zero-order chi connectivity index (χ0) is 22.2. The number of urea groups is 1. The lowest BCUT2D eigenvalue weighted by Crippen LogP contribution is -2.50. The first-order chi connectivity index (χ1) is 14.9. The summed E-state index contributed by atoms with van der Waals surface area (Å²) >= 11 is 0. The van der Waals surface area contributed by atoms with Crippen LogP contribution in [0.4, 0.5) is 19.3 Å². The van der Waals surface area contributed by atoms with Crippen LogP contribution in [0.2, 0.25) is 0 Å². The number of anilines is 1. The Balaban J connectivity index is 1.51. The maximum absolute atomic E-state index is 13.7. The zero-order valence-electron chi connectivity index (χ0n) is 16.3. The highest BCUT2D eigenvalue weighted by molar-refractivity contribution is 5.89. The second-order valence-corrected chi connectivity index (χ2v) is 6.71. The molecule has 3 atom stereocenters. The van der Waals surface area contributed by atoms with Crippen LogP contribution in [0.3, 0.4) is 0 Å². The van der Waals surface area contributed by atoms with E-state index in [4.69, 9.17) is 4.74 Å². The maximum Gasteiger partial charge on any atom is 0.319 e. The Morgan fingerprint density at radius 1 is 1.19 bits per heavy atom. The number of carbonyl (C=O) groups is 2. The Morgan fingerprint density at radius 3 is 2.77 bits per heavy atom. The molecule has 2 heterocycles. The molecule has 3 amide bonds. The number of nitrogens with zero attached hydrogens (tertiary/aromatic N) is 2. The van der Waals surface area contributed by atoms with Gasteiger partial charge in [-0.1, -0.05) is 12.2 Å². The second kappa shape index (κ2) is 10.5. The predicted octanol–water partition coefficient (Wildman–Crippen LogP) is 1.27. The standard InChI is InChI=1S/C20H21F2N5O4/c21-12-1-3-15(22)17(7-12)27-20(30)26-16-4-2-14(31-18(16)10-28)8-19(29)24-9-13-5-6-23-11-25-13/h1-7,11,14,16,18,28H,8-10H2,(H,24,29)(H2,26,27,30)/t14-,16+,18-/m0/s1. The Labute approximate surface area is 176 Å². The Bertz CT molecular complexity index is 944. The van der Waals surface area contributed by atoms with Gasteiger partial charge < -0.3 is 25.8 Å². The topological polar surface area (TPSA) is 125 Å². The molecule has 1 aliphatic rings. The van der Waals surface area contributed by atoms with E-state index in [0.29, 0.717) is 5.69 Å². The van der Waals surface area contributed by atoms with Crippen molar-refractivity contribution in [3.8, 4) is 0 Å². The fourth-order valence-electron chi connectivity index (χ4n) is 2.91. The van der Waals surface area contributed by atoms with E-state index in [0.717, 1.165) is 18.2 Å². The third kappa shape index (κ3) is 6.52. The molecule has 1 aromatic carbocycles. The summed E-state index contributed by atoms with van der Waals surface area (Å²) in [6.45, 7) is -0.190. The molecular formula is C20H21F2N5O4. The van der Waals surface area contributed by atoms with E-state index in [1.165, 1.54) is 6.33 Å². The second-order valence-electron chi connectivity index (χ2n) is 6.71. The summed E-state index contributed by atoms with van der Waals surface area (Å²) in [5.41, 5.74) is 0.332. The smallest absolute Gasteiger partial charge is 0.319 e. The molecular weight excluding hydrogens is 412 g/mol. The monoisotopic (exact) mass is 433 g/mol. The molecule has 2 aromatic rings. The average Bonchev–Trinajstić information content (AvgIpc) is 2.76. The van der Waals surface area contributed by atoms with Gasteiger partial charge >= 0.3 is 6.03 Å². The van der Waals surface area contributed by atoms with Gasteiger partial charge in [0.15, 0.2) is 0 Å². The van der Waals surface area contributed by atoms with E-state index >= 15 is 0 Å². The number of halogens is 2. The van der Waals surface area contributed by atoms with Crippen LogP contribution in [0, 0.1) is 11.6 Å². The molecule has 0 aliphatic carbocycles. The molecule has 0 saturated carbocycles. The SMILES string of the molecule is O=C(C[C@@H]1C=C[C@@H](NC(=O)Nc2cc(F)ccc2F)[C@H](CO)O1)NCc1ccncn1. The normalized spacial score (nSPS) is 20.2. The van der Waals surface area contributed by atoms with Crippen molar-refractivity contribution >= 4 is 17.6 Å². The molecule has 3 rings (SSSR count). The van der Waals surface area contributed by atoms with Crippen molar-refractivity contribution in [2.45, 2.75) is 31.2 Å². The number of carbonyl (C=O) groups excluding carboxylic acids is 2. The van der Waals surface area contributed by atoms with Crippen molar-refractivity contribution < 1.29 is 28.2 Å². The van der Waals surface area contributed by atoms with E-state index in [1.54, 1.807) is 24.4 Å². The van der Waals surface area contributed by atoms with Gasteiger partial charge in [-0.15, -0.1) is 0 Å². The van der Waals surface area contributed by atoms with E-state index in [9.17, 15) is 23.5 Å². The van der Waals surface area contributed by atoms with Gasteiger partial charge in [-0.25, -0.2) is 23.5 Å². The minimum atomic E-state index is -0.826. The van der Waals surface area contributed by atoms with Crippen LogP contribution in [-0.2, 0) is 16.1 Å². The summed E-state index contributed by atoms with van der Waals surface area (Å²) in [4.78, 5) is 32.1. The van der Waals surface area contributed by atoms with Crippen molar-refractivity contribution in [1.82, 2.24) is 20.6 Å².